The molecule has 3 rings (SSSR count). The molecule has 3 nitrogen and oxygen atoms in total. The van der Waals surface area contributed by atoms with E-state index >= 15 is 0 Å². The second-order valence-electron chi connectivity index (χ2n) is 5.30. The van der Waals surface area contributed by atoms with E-state index in [0.717, 1.165) is 11.3 Å². The highest BCUT2D eigenvalue weighted by Gasteiger charge is 2.09. The molecule has 0 fully saturated rings. The molecule has 0 bridgehead atoms. The zero-order chi connectivity index (χ0) is 16.8. The first-order valence-electron chi connectivity index (χ1n) is 7.60. The molecule has 3 aromatic carbocycles. The average Bonchev–Trinajstić information content (AvgIpc) is 2.64. The number of carbonyl (C=O) groups is 1. The first kappa shape index (κ1) is 15.5. The van der Waals surface area contributed by atoms with Crippen molar-refractivity contribution in [2.75, 3.05) is 0 Å². The molecule has 0 aliphatic rings. The highest BCUT2D eigenvalue weighted by molar-refractivity contribution is 6.09. The predicted molar refractivity (Wildman–Crippen MR) is 92.1 cm³/mol. The number of rotatable bonds is 5. The van der Waals surface area contributed by atoms with Crippen molar-refractivity contribution in [2.45, 2.75) is 6.42 Å². The molecule has 0 N–H and O–H groups in total. The number of hydrogen-bond acceptors (Lipinski definition) is 3. The Morgan fingerprint density at radius 3 is 1.92 bits per heavy atom. The van der Waals surface area contributed by atoms with Crippen LogP contribution in [-0.4, -0.2) is 5.78 Å². The van der Waals surface area contributed by atoms with Crippen molar-refractivity contribution >= 4 is 5.78 Å². The van der Waals surface area contributed by atoms with Crippen LogP contribution in [0.25, 0.3) is 0 Å². The first-order valence-corrected chi connectivity index (χ1v) is 7.60. The van der Waals surface area contributed by atoms with Crippen LogP contribution in [0.2, 0.25) is 0 Å². The molecule has 0 aliphatic heterocycles. The summed E-state index contributed by atoms with van der Waals surface area (Å²) in [6.45, 7) is 0. The largest absolute Gasteiger partial charge is 0.457 e. The lowest BCUT2D eigenvalue weighted by molar-refractivity contribution is 0.103. The second-order valence-corrected chi connectivity index (χ2v) is 5.30. The van der Waals surface area contributed by atoms with Crippen molar-refractivity contribution in [1.29, 1.82) is 5.26 Å². The third-order valence-corrected chi connectivity index (χ3v) is 3.59. The average molecular weight is 313 g/mol. The fourth-order valence-corrected chi connectivity index (χ4v) is 2.33. The molecule has 0 aliphatic carbocycles. The van der Waals surface area contributed by atoms with Gasteiger partial charge in [-0.1, -0.05) is 42.5 Å². The van der Waals surface area contributed by atoms with Crippen LogP contribution in [0.1, 0.15) is 21.5 Å². The van der Waals surface area contributed by atoms with Crippen LogP contribution in [0, 0.1) is 11.3 Å². The summed E-state index contributed by atoms with van der Waals surface area (Å²) in [7, 11) is 0. The number of carbonyl (C=O) groups excluding carboxylic acids is 1. The van der Waals surface area contributed by atoms with Crippen LogP contribution in [0.3, 0.4) is 0 Å². The Labute approximate surface area is 140 Å². The van der Waals surface area contributed by atoms with Crippen molar-refractivity contribution in [2.24, 2.45) is 0 Å². The number of nitrogens with zero attached hydrogens (tertiary/aromatic N) is 1. The van der Waals surface area contributed by atoms with Crippen molar-refractivity contribution in [1.82, 2.24) is 0 Å². The first-order chi connectivity index (χ1) is 11.8. The summed E-state index contributed by atoms with van der Waals surface area (Å²) in [5.74, 6) is 1.39. The lowest BCUT2D eigenvalue weighted by Gasteiger charge is -2.07. The Balaban J connectivity index is 1.73. The molecule has 0 saturated heterocycles. The molecular weight excluding hydrogens is 298 g/mol. The van der Waals surface area contributed by atoms with Gasteiger partial charge in [0.2, 0.25) is 0 Å². The van der Waals surface area contributed by atoms with E-state index in [9.17, 15) is 4.79 Å². The van der Waals surface area contributed by atoms with Gasteiger partial charge in [0.05, 0.1) is 12.5 Å². The van der Waals surface area contributed by atoms with Crippen molar-refractivity contribution in [3.8, 4) is 17.6 Å². The minimum Gasteiger partial charge on any atom is -0.457 e. The SMILES string of the molecule is N#CCc1ccc(C(=O)c2ccc(Oc3ccccc3)cc2)cc1. The van der Waals surface area contributed by atoms with E-state index in [4.69, 9.17) is 10.00 Å². The van der Waals surface area contributed by atoms with Crippen LogP contribution < -0.4 is 4.74 Å². The van der Waals surface area contributed by atoms with Gasteiger partial charge in [0.1, 0.15) is 11.5 Å². The van der Waals surface area contributed by atoms with Gasteiger partial charge < -0.3 is 4.74 Å². The van der Waals surface area contributed by atoms with E-state index in [1.807, 2.05) is 42.5 Å². The lowest BCUT2D eigenvalue weighted by atomic mass is 10.0. The molecular formula is C21H15NO2. The quantitative estimate of drug-likeness (QED) is 0.637. The fraction of sp³-hybridized carbons (Fsp3) is 0.0476. The molecule has 0 aromatic heterocycles. The van der Waals surface area contributed by atoms with Gasteiger partial charge in [-0.2, -0.15) is 5.26 Å². The molecule has 0 atom stereocenters. The smallest absolute Gasteiger partial charge is 0.193 e. The fourth-order valence-electron chi connectivity index (χ4n) is 2.33. The standard InChI is InChI=1S/C21H15NO2/c22-15-14-16-6-8-17(9-7-16)21(23)18-10-12-20(13-11-18)24-19-4-2-1-3-5-19/h1-13H,14H2. The Morgan fingerprint density at radius 1 is 0.792 bits per heavy atom. The Kier molecular flexibility index (Phi) is 4.69. The summed E-state index contributed by atoms with van der Waals surface area (Å²) in [4.78, 5) is 12.5. The van der Waals surface area contributed by atoms with Crippen molar-refractivity contribution < 1.29 is 9.53 Å². The molecule has 0 saturated carbocycles. The van der Waals surface area contributed by atoms with Crippen LogP contribution >= 0.6 is 0 Å². The Bertz CT molecular complexity index is 860. The third-order valence-electron chi connectivity index (χ3n) is 3.59. The molecule has 0 spiro atoms. The summed E-state index contributed by atoms with van der Waals surface area (Å²) in [6.07, 6.45) is 0.347. The summed E-state index contributed by atoms with van der Waals surface area (Å²) >= 11 is 0. The van der Waals surface area contributed by atoms with Crippen LogP contribution in [0.5, 0.6) is 11.5 Å². The number of hydrogen-bond donors (Lipinski definition) is 0. The van der Waals surface area contributed by atoms with E-state index in [-0.39, 0.29) is 5.78 Å². The van der Waals surface area contributed by atoms with Crippen molar-refractivity contribution in [3.05, 3.63) is 95.6 Å². The molecule has 116 valence electrons. The maximum Gasteiger partial charge on any atom is 0.193 e. The van der Waals surface area contributed by atoms with Gasteiger partial charge in [-0.15, -0.1) is 0 Å². The highest BCUT2D eigenvalue weighted by Crippen LogP contribution is 2.22. The molecule has 0 amide bonds. The van der Waals surface area contributed by atoms with Crippen LogP contribution in [-0.2, 0) is 6.42 Å². The number of nitriles is 1. The van der Waals surface area contributed by atoms with Crippen LogP contribution in [0.4, 0.5) is 0 Å². The van der Waals surface area contributed by atoms with E-state index in [0.29, 0.717) is 23.3 Å². The summed E-state index contributed by atoms with van der Waals surface area (Å²) in [5.41, 5.74) is 2.11. The van der Waals surface area contributed by atoms with Gasteiger partial charge in [-0.05, 0) is 42.0 Å². The van der Waals surface area contributed by atoms with E-state index in [1.54, 1.807) is 36.4 Å². The zero-order valence-electron chi connectivity index (χ0n) is 13.0. The third kappa shape index (κ3) is 3.68. The van der Waals surface area contributed by atoms with Gasteiger partial charge in [0, 0.05) is 11.1 Å². The normalized spacial score (nSPS) is 9.96. The molecule has 0 unspecified atom stereocenters. The van der Waals surface area contributed by atoms with E-state index < -0.39 is 0 Å². The van der Waals surface area contributed by atoms with Gasteiger partial charge >= 0.3 is 0 Å². The molecule has 0 radical (unpaired) electrons. The monoisotopic (exact) mass is 313 g/mol. The van der Waals surface area contributed by atoms with Gasteiger partial charge in [-0.3, -0.25) is 4.79 Å². The number of ether oxygens (including phenoxy) is 1. The van der Waals surface area contributed by atoms with Crippen LogP contribution in [0.15, 0.2) is 78.9 Å². The Hall–Kier alpha value is -3.38. The minimum atomic E-state index is -0.0511. The van der Waals surface area contributed by atoms with Gasteiger partial charge in [-0.25, -0.2) is 0 Å². The zero-order valence-corrected chi connectivity index (χ0v) is 13.0. The van der Waals surface area contributed by atoms with Gasteiger partial charge in [0.25, 0.3) is 0 Å². The summed E-state index contributed by atoms with van der Waals surface area (Å²) in [6, 6.07) is 25.8. The molecule has 3 heteroatoms. The molecule has 3 aromatic rings. The summed E-state index contributed by atoms with van der Waals surface area (Å²) in [5, 5.41) is 8.68. The van der Waals surface area contributed by atoms with E-state index in [2.05, 4.69) is 6.07 Å². The number of para-hydroxylation sites is 1. The van der Waals surface area contributed by atoms with Crippen molar-refractivity contribution in [3.63, 3.8) is 0 Å². The molecule has 24 heavy (non-hydrogen) atoms. The Morgan fingerprint density at radius 2 is 1.33 bits per heavy atom. The predicted octanol–water partition coefficient (Wildman–Crippen LogP) is 4.78. The summed E-state index contributed by atoms with van der Waals surface area (Å²) < 4.78 is 5.72. The minimum absolute atomic E-state index is 0.0511. The highest BCUT2D eigenvalue weighted by atomic mass is 16.5. The number of benzene rings is 3. The second kappa shape index (κ2) is 7.26. The lowest BCUT2D eigenvalue weighted by Crippen LogP contribution is -2.01. The van der Waals surface area contributed by atoms with Gasteiger partial charge in [0.15, 0.2) is 5.78 Å². The number of ketones is 1. The maximum atomic E-state index is 12.5. The maximum absolute atomic E-state index is 12.5. The topological polar surface area (TPSA) is 50.1 Å². The molecule has 0 heterocycles. The van der Waals surface area contributed by atoms with E-state index in [1.165, 1.54) is 0 Å².